The highest BCUT2D eigenvalue weighted by atomic mass is 32.2. The maximum absolute atomic E-state index is 12.4. The van der Waals surface area contributed by atoms with Crippen LogP contribution in [-0.4, -0.2) is 49.9 Å². The van der Waals surface area contributed by atoms with Crippen molar-refractivity contribution in [3.8, 4) is 0 Å². The Morgan fingerprint density at radius 2 is 2.04 bits per heavy atom. The van der Waals surface area contributed by atoms with Gasteiger partial charge in [0.25, 0.3) is 11.9 Å². The number of hydrogen-bond acceptors (Lipinski definition) is 7. The number of carbonyl (C=O) groups is 1. The van der Waals surface area contributed by atoms with Crippen LogP contribution in [0, 0.1) is 13.8 Å². The van der Waals surface area contributed by atoms with Gasteiger partial charge in [0.1, 0.15) is 6.26 Å². The first-order chi connectivity index (χ1) is 12.8. The fraction of sp³-hybridized carbons (Fsp3) is 0.412. The molecule has 1 fully saturated rings. The lowest BCUT2D eigenvalue weighted by atomic mass is 10.1. The molecule has 0 spiro atoms. The first-order valence-corrected chi connectivity index (χ1v) is 9.99. The van der Waals surface area contributed by atoms with E-state index in [1.165, 1.54) is 4.31 Å². The minimum Gasteiger partial charge on any atom is -0.431 e. The van der Waals surface area contributed by atoms with Crippen molar-refractivity contribution in [1.29, 1.82) is 0 Å². The molecule has 2 N–H and O–H groups in total. The molecule has 0 aliphatic carbocycles. The average molecular weight is 394 g/mol. The molecule has 2 aromatic rings. The van der Waals surface area contributed by atoms with E-state index in [4.69, 9.17) is 9.15 Å². The maximum atomic E-state index is 12.4. The van der Waals surface area contributed by atoms with Gasteiger partial charge in [0.2, 0.25) is 0 Å². The van der Waals surface area contributed by atoms with Crippen LogP contribution in [0.1, 0.15) is 28.0 Å². The summed E-state index contributed by atoms with van der Waals surface area (Å²) in [6.07, 6.45) is 1.69. The summed E-state index contributed by atoms with van der Waals surface area (Å²) >= 11 is 0. The molecule has 1 aromatic carbocycles. The van der Waals surface area contributed by atoms with Gasteiger partial charge >= 0.3 is 10.2 Å². The van der Waals surface area contributed by atoms with Crippen molar-refractivity contribution in [3.63, 3.8) is 0 Å². The molecule has 10 heteroatoms. The molecule has 3 rings (SSSR count). The largest absolute Gasteiger partial charge is 0.431 e. The molecule has 9 nitrogen and oxygen atoms in total. The van der Waals surface area contributed by atoms with Gasteiger partial charge in [-0.15, -0.1) is 0 Å². The number of nitrogens with one attached hydrogen (secondary N) is 2. The Kier molecular flexibility index (Phi) is 5.78. The highest BCUT2D eigenvalue weighted by Crippen LogP contribution is 2.21. The number of nitrogens with zero attached hydrogens (tertiary/aromatic N) is 2. The fourth-order valence-electron chi connectivity index (χ4n) is 2.62. The minimum absolute atomic E-state index is 0.106. The van der Waals surface area contributed by atoms with E-state index in [0.717, 1.165) is 23.1 Å². The second-order valence-corrected chi connectivity index (χ2v) is 7.95. The predicted molar refractivity (Wildman–Crippen MR) is 99.1 cm³/mol. The van der Waals surface area contributed by atoms with Crippen LogP contribution in [-0.2, 0) is 14.9 Å². The Morgan fingerprint density at radius 1 is 1.22 bits per heavy atom. The molecule has 1 aromatic heterocycles. The highest BCUT2D eigenvalue weighted by Gasteiger charge is 2.27. The summed E-state index contributed by atoms with van der Waals surface area (Å²) in [4.78, 5) is 16.3. The van der Waals surface area contributed by atoms with Gasteiger partial charge in [-0.25, -0.2) is 4.72 Å². The molecule has 146 valence electrons. The summed E-state index contributed by atoms with van der Waals surface area (Å²) in [6.45, 7) is 5.16. The Morgan fingerprint density at radius 3 is 2.85 bits per heavy atom. The van der Waals surface area contributed by atoms with Crippen LogP contribution in [0.25, 0.3) is 0 Å². The topological polar surface area (TPSA) is 114 Å². The zero-order valence-corrected chi connectivity index (χ0v) is 16.0. The molecule has 0 bridgehead atoms. The van der Waals surface area contributed by atoms with E-state index in [1.54, 1.807) is 0 Å². The molecular weight excluding hydrogens is 372 g/mol. The van der Waals surface area contributed by atoms with Crippen molar-refractivity contribution < 1.29 is 22.4 Å². The van der Waals surface area contributed by atoms with Crippen molar-refractivity contribution in [2.45, 2.75) is 20.3 Å². The second-order valence-electron chi connectivity index (χ2n) is 6.28. The van der Waals surface area contributed by atoms with E-state index >= 15 is 0 Å². The predicted octanol–water partition coefficient (Wildman–Crippen LogP) is 1.73. The van der Waals surface area contributed by atoms with Gasteiger partial charge in [-0.1, -0.05) is 12.1 Å². The Balaban J connectivity index is 1.68. The number of oxazole rings is 1. The van der Waals surface area contributed by atoms with E-state index in [-0.39, 0.29) is 18.3 Å². The van der Waals surface area contributed by atoms with Crippen LogP contribution in [0.3, 0.4) is 0 Å². The molecule has 2 heterocycles. The zero-order valence-electron chi connectivity index (χ0n) is 15.2. The summed E-state index contributed by atoms with van der Waals surface area (Å²) in [7, 11) is -3.96. The van der Waals surface area contributed by atoms with E-state index in [0.29, 0.717) is 26.2 Å². The molecule has 0 saturated carbocycles. The molecule has 0 atom stereocenters. The van der Waals surface area contributed by atoms with Gasteiger partial charge < -0.3 is 14.5 Å². The van der Waals surface area contributed by atoms with Crippen LogP contribution in [0.5, 0.6) is 0 Å². The van der Waals surface area contributed by atoms with Gasteiger partial charge in [0, 0.05) is 25.4 Å². The first-order valence-electron chi connectivity index (χ1n) is 8.55. The van der Waals surface area contributed by atoms with E-state index in [9.17, 15) is 13.2 Å². The third-order valence-corrected chi connectivity index (χ3v) is 5.60. The number of hydrogen-bond donors (Lipinski definition) is 2. The van der Waals surface area contributed by atoms with Crippen molar-refractivity contribution in [2.75, 3.05) is 31.6 Å². The lowest BCUT2D eigenvalue weighted by molar-refractivity contribution is 0.0973. The average Bonchev–Trinajstić information content (AvgIpc) is 2.89. The van der Waals surface area contributed by atoms with E-state index < -0.39 is 16.1 Å². The maximum Gasteiger partial charge on any atom is 0.304 e. The molecule has 0 radical (unpaired) electrons. The van der Waals surface area contributed by atoms with Crippen molar-refractivity contribution >= 4 is 27.8 Å². The SMILES string of the molecule is Cc1ccc(C)c(Nc2nc(C(=O)NS(=O)(=O)N3CCCOCC3)co2)c1. The normalized spacial score (nSPS) is 15.9. The van der Waals surface area contributed by atoms with Crippen LogP contribution < -0.4 is 10.0 Å². The Labute approximate surface area is 157 Å². The molecule has 1 aliphatic heterocycles. The van der Waals surface area contributed by atoms with Crippen LogP contribution in [0.4, 0.5) is 11.7 Å². The van der Waals surface area contributed by atoms with Crippen LogP contribution in [0.15, 0.2) is 28.9 Å². The first kappa shape index (κ1) is 19.3. The molecule has 1 amide bonds. The number of amides is 1. The number of aryl methyl sites for hydroxylation is 2. The number of benzene rings is 1. The van der Waals surface area contributed by atoms with Crippen molar-refractivity contribution in [1.82, 2.24) is 14.0 Å². The third-order valence-electron chi connectivity index (χ3n) is 4.11. The summed E-state index contributed by atoms with van der Waals surface area (Å²) in [6, 6.07) is 5.96. The lowest BCUT2D eigenvalue weighted by Crippen LogP contribution is -2.44. The number of ether oxygens (including phenoxy) is 1. The van der Waals surface area contributed by atoms with Gasteiger partial charge in [-0.05, 0) is 37.5 Å². The molecular formula is C17H22N4O5S. The van der Waals surface area contributed by atoms with Gasteiger partial charge in [0.05, 0.1) is 6.61 Å². The standard InChI is InChI=1S/C17H22N4O5S/c1-12-4-5-13(2)14(10-12)18-17-19-15(11-26-17)16(22)20-27(23,24)21-6-3-8-25-9-7-21/h4-5,10-11H,3,6-9H2,1-2H3,(H,18,19)(H,20,22). The van der Waals surface area contributed by atoms with Crippen molar-refractivity contribution in [3.05, 3.63) is 41.3 Å². The molecule has 0 unspecified atom stereocenters. The number of anilines is 2. The molecule has 27 heavy (non-hydrogen) atoms. The quantitative estimate of drug-likeness (QED) is 0.794. The third kappa shape index (κ3) is 4.85. The summed E-state index contributed by atoms with van der Waals surface area (Å²) < 4.78 is 38.4. The zero-order chi connectivity index (χ0) is 19.4. The monoisotopic (exact) mass is 394 g/mol. The van der Waals surface area contributed by atoms with E-state index in [2.05, 4.69) is 10.3 Å². The lowest BCUT2D eigenvalue weighted by Gasteiger charge is -2.18. The number of aromatic nitrogens is 1. The van der Waals surface area contributed by atoms with Gasteiger partial charge in [-0.2, -0.15) is 17.7 Å². The summed E-state index contributed by atoms with van der Waals surface area (Å²) in [5, 5.41) is 2.99. The summed E-state index contributed by atoms with van der Waals surface area (Å²) in [5.74, 6) is -0.849. The van der Waals surface area contributed by atoms with Gasteiger partial charge in [-0.3, -0.25) is 4.79 Å². The minimum atomic E-state index is -3.96. The molecule has 1 saturated heterocycles. The second kappa shape index (κ2) is 8.07. The number of carbonyl (C=O) groups excluding carboxylic acids is 1. The Bertz CT molecular complexity index is 917. The highest BCUT2D eigenvalue weighted by molar-refractivity contribution is 7.87. The molecule has 1 aliphatic rings. The number of rotatable bonds is 5. The van der Waals surface area contributed by atoms with Gasteiger partial charge in [0.15, 0.2) is 5.69 Å². The summed E-state index contributed by atoms with van der Waals surface area (Å²) in [5.41, 5.74) is 2.70. The Hall–Kier alpha value is -2.43. The smallest absolute Gasteiger partial charge is 0.304 e. The fourth-order valence-corrected chi connectivity index (χ4v) is 3.77. The van der Waals surface area contributed by atoms with Crippen molar-refractivity contribution in [2.24, 2.45) is 0 Å². The van der Waals surface area contributed by atoms with Crippen LogP contribution >= 0.6 is 0 Å². The van der Waals surface area contributed by atoms with Crippen LogP contribution in [0.2, 0.25) is 0 Å². The van der Waals surface area contributed by atoms with E-state index in [1.807, 2.05) is 36.8 Å².